The quantitative estimate of drug-likeness (QED) is 0.859. The maximum Gasteiger partial charge on any atom is 0.0643 e. The lowest BCUT2D eigenvalue weighted by atomic mass is 9.83. The Morgan fingerprint density at radius 2 is 1.87 bits per heavy atom. The summed E-state index contributed by atoms with van der Waals surface area (Å²) in [5, 5.41) is 3.86. The summed E-state index contributed by atoms with van der Waals surface area (Å²) in [4.78, 5) is 2.63. The van der Waals surface area contributed by atoms with E-state index >= 15 is 0 Å². The molecule has 3 heterocycles. The van der Waals surface area contributed by atoms with Gasteiger partial charge in [-0.15, -0.1) is 0 Å². The predicted octanol–water partition coefficient (Wildman–Crippen LogP) is 3.98. The minimum absolute atomic E-state index is 0.432. The van der Waals surface area contributed by atoms with Gasteiger partial charge in [-0.25, -0.2) is 0 Å². The third kappa shape index (κ3) is 3.23. The van der Waals surface area contributed by atoms with Crippen molar-refractivity contribution in [3.05, 3.63) is 69.7 Å². The van der Waals surface area contributed by atoms with Crippen molar-refractivity contribution in [1.29, 1.82) is 0 Å². The first-order valence-corrected chi connectivity index (χ1v) is 9.29. The van der Waals surface area contributed by atoms with Gasteiger partial charge in [-0.1, -0.05) is 52.3 Å². The van der Waals surface area contributed by atoms with Crippen molar-refractivity contribution < 1.29 is 0 Å². The van der Waals surface area contributed by atoms with Crippen LogP contribution in [-0.2, 0) is 19.4 Å². The monoisotopic (exact) mass is 370 g/mol. The molecule has 3 atom stereocenters. The molecule has 120 valence electrons. The van der Waals surface area contributed by atoms with Crippen LogP contribution in [0.15, 0.2) is 53.0 Å². The van der Waals surface area contributed by atoms with Crippen LogP contribution in [0.2, 0.25) is 0 Å². The average molecular weight is 371 g/mol. The van der Waals surface area contributed by atoms with Crippen molar-refractivity contribution in [2.75, 3.05) is 6.54 Å². The zero-order valence-electron chi connectivity index (χ0n) is 13.5. The van der Waals surface area contributed by atoms with Gasteiger partial charge >= 0.3 is 0 Å². The Balaban J connectivity index is 1.61. The fourth-order valence-electron chi connectivity index (χ4n) is 4.05. The van der Waals surface area contributed by atoms with Crippen molar-refractivity contribution in [2.24, 2.45) is 5.92 Å². The van der Waals surface area contributed by atoms with E-state index < -0.39 is 0 Å². The van der Waals surface area contributed by atoms with Gasteiger partial charge in [-0.05, 0) is 48.1 Å². The average Bonchev–Trinajstić information content (AvgIpc) is 2.51. The lowest BCUT2D eigenvalue weighted by Crippen LogP contribution is -2.61. The number of halogens is 1. The van der Waals surface area contributed by atoms with Gasteiger partial charge in [0.25, 0.3) is 0 Å². The molecule has 2 aromatic rings. The topological polar surface area (TPSA) is 15.3 Å². The molecular weight excluding hydrogens is 348 g/mol. The summed E-state index contributed by atoms with van der Waals surface area (Å²) in [6, 6.07) is 18.3. The number of nitrogens with zero attached hydrogens (tertiary/aromatic N) is 1. The Labute approximate surface area is 147 Å². The van der Waals surface area contributed by atoms with Crippen LogP contribution in [0, 0.1) is 5.92 Å². The standard InChI is InChI=1S/C20H23BrN2/c1-14-18-10-16-6-2-3-7-17(16)11-20(22-14)23(13-18)12-15-5-4-8-19(21)9-15/h2-9,14,18,20,22H,10-13H2,1H3. The minimum Gasteiger partial charge on any atom is -0.299 e. The van der Waals surface area contributed by atoms with Gasteiger partial charge < -0.3 is 0 Å². The van der Waals surface area contributed by atoms with Crippen molar-refractivity contribution in [2.45, 2.75) is 38.5 Å². The molecule has 2 bridgehead atoms. The molecule has 1 fully saturated rings. The van der Waals surface area contributed by atoms with Crippen LogP contribution in [0.25, 0.3) is 0 Å². The Morgan fingerprint density at radius 1 is 1.09 bits per heavy atom. The van der Waals surface area contributed by atoms with Crippen molar-refractivity contribution in [1.82, 2.24) is 10.2 Å². The Kier molecular flexibility index (Phi) is 4.27. The number of hydrogen-bond donors (Lipinski definition) is 1. The summed E-state index contributed by atoms with van der Waals surface area (Å²) in [5.74, 6) is 0.680. The van der Waals surface area contributed by atoms with Crippen LogP contribution in [-0.4, -0.2) is 23.7 Å². The van der Waals surface area contributed by atoms with E-state index in [0.717, 1.165) is 13.0 Å². The number of rotatable bonds is 2. The normalized spacial score (nSPS) is 27.3. The van der Waals surface area contributed by atoms with E-state index in [4.69, 9.17) is 0 Å². The molecule has 1 N–H and O–H groups in total. The molecule has 23 heavy (non-hydrogen) atoms. The summed E-state index contributed by atoms with van der Waals surface area (Å²) < 4.78 is 1.17. The largest absolute Gasteiger partial charge is 0.299 e. The van der Waals surface area contributed by atoms with Crippen LogP contribution in [0.1, 0.15) is 23.6 Å². The molecule has 0 radical (unpaired) electrons. The SMILES string of the molecule is CC1NC2Cc3ccccc3CC1CN2Cc1cccc(Br)c1. The van der Waals surface area contributed by atoms with Crippen molar-refractivity contribution in [3.63, 3.8) is 0 Å². The van der Waals surface area contributed by atoms with Gasteiger partial charge in [-0.2, -0.15) is 0 Å². The second kappa shape index (κ2) is 6.39. The first kappa shape index (κ1) is 15.4. The van der Waals surface area contributed by atoms with Gasteiger partial charge in [0.1, 0.15) is 0 Å². The Hall–Kier alpha value is -1.16. The summed E-state index contributed by atoms with van der Waals surface area (Å²) >= 11 is 3.59. The molecule has 3 aliphatic rings. The third-order valence-electron chi connectivity index (χ3n) is 5.36. The molecule has 3 heteroatoms. The number of nitrogens with one attached hydrogen (secondary N) is 1. The number of hydrogen-bond acceptors (Lipinski definition) is 2. The molecule has 5 rings (SSSR count). The second-order valence-corrected chi connectivity index (χ2v) is 7.88. The fourth-order valence-corrected chi connectivity index (χ4v) is 4.50. The highest BCUT2D eigenvalue weighted by Crippen LogP contribution is 2.29. The third-order valence-corrected chi connectivity index (χ3v) is 5.85. The summed E-state index contributed by atoms with van der Waals surface area (Å²) in [7, 11) is 0. The van der Waals surface area contributed by atoms with Crippen LogP contribution < -0.4 is 5.32 Å². The maximum atomic E-state index is 3.86. The Morgan fingerprint density at radius 3 is 2.65 bits per heavy atom. The lowest BCUT2D eigenvalue weighted by Gasteiger charge is -2.46. The summed E-state index contributed by atoms with van der Waals surface area (Å²) in [5.41, 5.74) is 4.45. The van der Waals surface area contributed by atoms with E-state index in [1.165, 1.54) is 28.6 Å². The van der Waals surface area contributed by atoms with E-state index in [-0.39, 0.29) is 0 Å². The van der Waals surface area contributed by atoms with E-state index in [1.54, 1.807) is 5.56 Å². The first-order valence-electron chi connectivity index (χ1n) is 8.50. The molecule has 0 aliphatic carbocycles. The number of fused-ring (bicyclic) bond motifs is 2. The summed E-state index contributed by atoms with van der Waals surface area (Å²) in [6.45, 7) is 4.55. The summed E-state index contributed by atoms with van der Waals surface area (Å²) in [6.07, 6.45) is 2.72. The van der Waals surface area contributed by atoms with Crippen molar-refractivity contribution >= 4 is 15.9 Å². The van der Waals surface area contributed by atoms with Crippen LogP contribution >= 0.6 is 15.9 Å². The van der Waals surface area contributed by atoms with Crippen LogP contribution in [0.4, 0.5) is 0 Å². The molecule has 0 aromatic heterocycles. The first-order chi connectivity index (χ1) is 11.2. The second-order valence-electron chi connectivity index (χ2n) is 6.97. The van der Waals surface area contributed by atoms with Gasteiger partial charge in [-0.3, -0.25) is 10.2 Å². The smallest absolute Gasteiger partial charge is 0.0643 e. The predicted molar refractivity (Wildman–Crippen MR) is 98.3 cm³/mol. The molecule has 0 amide bonds. The molecule has 3 aliphatic heterocycles. The molecule has 0 spiro atoms. The van der Waals surface area contributed by atoms with Gasteiger partial charge in [0.05, 0.1) is 6.17 Å². The lowest BCUT2D eigenvalue weighted by molar-refractivity contribution is 0.0536. The molecular formula is C20H23BrN2. The molecule has 3 unspecified atom stereocenters. The molecule has 0 saturated carbocycles. The van der Waals surface area contributed by atoms with E-state index in [0.29, 0.717) is 18.1 Å². The molecule has 1 saturated heterocycles. The van der Waals surface area contributed by atoms with E-state index in [9.17, 15) is 0 Å². The Bertz CT molecular complexity index is 700. The van der Waals surface area contributed by atoms with Crippen molar-refractivity contribution in [3.8, 4) is 0 Å². The highest BCUT2D eigenvalue weighted by molar-refractivity contribution is 9.10. The molecule has 2 nitrogen and oxygen atoms in total. The van der Waals surface area contributed by atoms with Gasteiger partial charge in [0, 0.05) is 30.0 Å². The van der Waals surface area contributed by atoms with Crippen LogP contribution in [0.5, 0.6) is 0 Å². The highest BCUT2D eigenvalue weighted by Gasteiger charge is 2.35. The van der Waals surface area contributed by atoms with Crippen LogP contribution in [0.3, 0.4) is 0 Å². The van der Waals surface area contributed by atoms with E-state index in [1.807, 2.05) is 0 Å². The fraction of sp³-hybridized carbons (Fsp3) is 0.400. The molecule has 2 aromatic carbocycles. The number of benzene rings is 2. The van der Waals surface area contributed by atoms with Gasteiger partial charge in [0.2, 0.25) is 0 Å². The zero-order valence-corrected chi connectivity index (χ0v) is 15.1. The highest BCUT2D eigenvalue weighted by atomic mass is 79.9. The maximum absolute atomic E-state index is 3.86. The van der Waals surface area contributed by atoms with Gasteiger partial charge in [0.15, 0.2) is 0 Å². The zero-order chi connectivity index (χ0) is 15.8. The minimum atomic E-state index is 0.432. The van der Waals surface area contributed by atoms with E-state index in [2.05, 4.69) is 81.6 Å².